The molecule has 150 valence electrons. The van der Waals surface area contributed by atoms with Crippen LogP contribution >= 0.6 is 12.4 Å². The van der Waals surface area contributed by atoms with Gasteiger partial charge in [0, 0.05) is 17.3 Å². The summed E-state index contributed by atoms with van der Waals surface area (Å²) in [7, 11) is 0. The second-order valence-electron chi connectivity index (χ2n) is 6.82. The van der Waals surface area contributed by atoms with E-state index in [-0.39, 0.29) is 36.3 Å². The first-order valence-electron chi connectivity index (χ1n) is 9.36. The molecule has 1 saturated heterocycles. The molecule has 7 heteroatoms. The topological polar surface area (TPSA) is 82.3 Å². The van der Waals surface area contributed by atoms with Crippen LogP contribution < -0.4 is 21.3 Å². The molecular formula is C21H27ClN4O2. The molecule has 28 heavy (non-hydrogen) atoms. The van der Waals surface area contributed by atoms with Gasteiger partial charge in [-0.3, -0.25) is 4.79 Å². The van der Waals surface area contributed by atoms with E-state index in [0.29, 0.717) is 5.69 Å². The van der Waals surface area contributed by atoms with E-state index in [1.54, 1.807) is 0 Å². The molecule has 0 aliphatic carbocycles. The summed E-state index contributed by atoms with van der Waals surface area (Å²) in [5.41, 5.74) is 2.44. The first-order valence-corrected chi connectivity index (χ1v) is 9.36. The smallest absolute Gasteiger partial charge is 0.323 e. The van der Waals surface area contributed by atoms with E-state index >= 15 is 0 Å². The number of para-hydroxylation sites is 1. The first-order chi connectivity index (χ1) is 13.1. The molecular weight excluding hydrogens is 376 g/mol. The molecule has 1 fully saturated rings. The van der Waals surface area contributed by atoms with Crippen molar-refractivity contribution in [1.82, 2.24) is 10.6 Å². The molecule has 1 aliphatic heterocycles. The van der Waals surface area contributed by atoms with Gasteiger partial charge >= 0.3 is 6.03 Å². The zero-order valence-corrected chi connectivity index (χ0v) is 16.7. The fourth-order valence-electron chi connectivity index (χ4n) is 3.17. The number of piperidine rings is 1. The lowest BCUT2D eigenvalue weighted by molar-refractivity contribution is -0.126. The molecule has 3 amide bonds. The Labute approximate surface area is 171 Å². The molecule has 0 spiro atoms. The molecule has 1 heterocycles. The van der Waals surface area contributed by atoms with E-state index in [1.807, 2.05) is 61.5 Å². The molecule has 0 saturated carbocycles. The van der Waals surface area contributed by atoms with E-state index in [4.69, 9.17) is 0 Å². The maximum absolute atomic E-state index is 12.4. The van der Waals surface area contributed by atoms with Crippen LogP contribution in [-0.4, -0.2) is 25.0 Å². The number of rotatable bonds is 5. The third kappa shape index (κ3) is 6.25. The van der Waals surface area contributed by atoms with Crippen molar-refractivity contribution in [3.8, 4) is 0 Å². The highest BCUT2D eigenvalue weighted by Crippen LogP contribution is 2.19. The van der Waals surface area contributed by atoms with Gasteiger partial charge in [-0.2, -0.15) is 0 Å². The van der Waals surface area contributed by atoms with Crippen molar-refractivity contribution in [3.05, 3.63) is 60.2 Å². The van der Waals surface area contributed by atoms with Crippen LogP contribution in [0.5, 0.6) is 0 Å². The molecule has 2 aromatic rings. The average Bonchev–Trinajstić information content (AvgIpc) is 2.70. The second kappa shape index (κ2) is 10.7. The van der Waals surface area contributed by atoms with Gasteiger partial charge in [-0.05, 0) is 62.7 Å². The first kappa shape index (κ1) is 21.7. The van der Waals surface area contributed by atoms with Crippen LogP contribution in [0.25, 0.3) is 0 Å². The lowest BCUT2D eigenvalue weighted by atomic mass is 9.96. The number of carbonyl (C=O) groups is 2. The summed E-state index contributed by atoms with van der Waals surface area (Å²) < 4.78 is 0. The summed E-state index contributed by atoms with van der Waals surface area (Å²) in [6.45, 7) is 3.78. The van der Waals surface area contributed by atoms with Gasteiger partial charge in [-0.1, -0.05) is 30.3 Å². The Balaban J connectivity index is 0.00000280. The lowest BCUT2D eigenvalue weighted by Crippen LogP contribution is -2.39. The van der Waals surface area contributed by atoms with Crippen molar-refractivity contribution in [2.24, 2.45) is 5.92 Å². The number of benzene rings is 2. The maximum Gasteiger partial charge on any atom is 0.323 e. The van der Waals surface area contributed by atoms with Gasteiger partial charge < -0.3 is 21.3 Å². The minimum Gasteiger partial charge on any atom is -0.349 e. The second-order valence-corrected chi connectivity index (χ2v) is 6.82. The zero-order valence-electron chi connectivity index (χ0n) is 15.9. The molecule has 1 unspecified atom stereocenters. The van der Waals surface area contributed by atoms with E-state index in [1.165, 1.54) is 0 Å². The Morgan fingerprint density at radius 2 is 1.50 bits per heavy atom. The highest BCUT2D eigenvalue weighted by Gasteiger charge is 2.22. The third-order valence-electron chi connectivity index (χ3n) is 4.77. The lowest BCUT2D eigenvalue weighted by Gasteiger charge is -2.24. The number of amides is 3. The van der Waals surface area contributed by atoms with Gasteiger partial charge in [0.25, 0.3) is 0 Å². The van der Waals surface area contributed by atoms with Crippen LogP contribution in [0.3, 0.4) is 0 Å². The van der Waals surface area contributed by atoms with Crippen molar-refractivity contribution in [3.63, 3.8) is 0 Å². The number of hydrogen-bond acceptors (Lipinski definition) is 3. The minimum absolute atomic E-state index is 0. The number of halogens is 1. The van der Waals surface area contributed by atoms with E-state index in [0.717, 1.165) is 37.2 Å². The molecule has 0 aromatic heterocycles. The summed E-state index contributed by atoms with van der Waals surface area (Å²) in [6, 6.07) is 16.4. The monoisotopic (exact) mass is 402 g/mol. The van der Waals surface area contributed by atoms with Crippen molar-refractivity contribution < 1.29 is 9.59 Å². The summed E-state index contributed by atoms with van der Waals surface area (Å²) in [5, 5.41) is 11.9. The maximum atomic E-state index is 12.4. The summed E-state index contributed by atoms with van der Waals surface area (Å²) in [4.78, 5) is 24.4. The fourth-order valence-corrected chi connectivity index (χ4v) is 3.17. The fraction of sp³-hybridized carbons (Fsp3) is 0.333. The van der Waals surface area contributed by atoms with Crippen LogP contribution in [0.15, 0.2) is 54.6 Å². The van der Waals surface area contributed by atoms with Crippen LogP contribution in [0.4, 0.5) is 16.2 Å². The van der Waals surface area contributed by atoms with E-state index < -0.39 is 0 Å². The predicted octanol–water partition coefficient (Wildman–Crippen LogP) is 3.93. The molecule has 2 aromatic carbocycles. The van der Waals surface area contributed by atoms with Crippen LogP contribution in [0.1, 0.15) is 31.4 Å². The van der Waals surface area contributed by atoms with Gasteiger partial charge in [-0.25, -0.2) is 4.79 Å². The largest absolute Gasteiger partial charge is 0.349 e. The summed E-state index contributed by atoms with van der Waals surface area (Å²) in [5.74, 6) is 0.213. The normalized spacial score (nSPS) is 15.0. The highest BCUT2D eigenvalue weighted by molar-refractivity contribution is 5.99. The van der Waals surface area contributed by atoms with E-state index in [9.17, 15) is 9.59 Å². The molecule has 6 nitrogen and oxygen atoms in total. The molecule has 0 radical (unpaired) electrons. The Kier molecular flexibility index (Phi) is 8.29. The predicted molar refractivity (Wildman–Crippen MR) is 115 cm³/mol. The number of anilines is 2. The molecule has 3 rings (SSSR count). The van der Waals surface area contributed by atoms with Crippen LogP contribution in [-0.2, 0) is 4.79 Å². The molecule has 1 atom stereocenters. The number of carbonyl (C=O) groups excluding carboxylic acids is 2. The Morgan fingerprint density at radius 1 is 0.929 bits per heavy atom. The van der Waals surface area contributed by atoms with Crippen LogP contribution in [0, 0.1) is 5.92 Å². The van der Waals surface area contributed by atoms with Gasteiger partial charge in [0.1, 0.15) is 0 Å². The number of nitrogens with one attached hydrogen (secondary N) is 4. The van der Waals surface area contributed by atoms with Crippen molar-refractivity contribution in [1.29, 1.82) is 0 Å². The Bertz CT molecular complexity index is 762. The van der Waals surface area contributed by atoms with Crippen molar-refractivity contribution >= 4 is 35.7 Å². The minimum atomic E-state index is -0.291. The highest BCUT2D eigenvalue weighted by atomic mass is 35.5. The van der Waals surface area contributed by atoms with Gasteiger partial charge in [0.05, 0.1) is 6.04 Å². The molecule has 4 N–H and O–H groups in total. The molecule has 1 aliphatic rings. The van der Waals surface area contributed by atoms with Gasteiger partial charge in [0.15, 0.2) is 0 Å². The number of hydrogen-bond donors (Lipinski definition) is 4. The Morgan fingerprint density at radius 3 is 2.11 bits per heavy atom. The quantitative estimate of drug-likeness (QED) is 0.611. The summed E-state index contributed by atoms with van der Waals surface area (Å²) >= 11 is 0. The zero-order chi connectivity index (χ0) is 19.1. The Hall–Kier alpha value is -2.57. The van der Waals surface area contributed by atoms with Crippen molar-refractivity contribution in [2.45, 2.75) is 25.8 Å². The van der Waals surface area contributed by atoms with Crippen molar-refractivity contribution in [2.75, 3.05) is 23.7 Å². The standard InChI is InChI=1S/C21H26N4O2.ClH/c1-15(23-20(26)17-11-13-22-14-12-17)16-7-9-19(10-8-16)25-21(27)24-18-5-3-2-4-6-18;/h2-10,15,17,22H,11-14H2,1H3,(H,23,26)(H2,24,25,27);1H. The van der Waals surface area contributed by atoms with Gasteiger partial charge in [0.2, 0.25) is 5.91 Å². The summed E-state index contributed by atoms with van der Waals surface area (Å²) in [6.07, 6.45) is 1.77. The van der Waals surface area contributed by atoms with E-state index in [2.05, 4.69) is 21.3 Å². The van der Waals surface area contributed by atoms with Crippen LogP contribution in [0.2, 0.25) is 0 Å². The van der Waals surface area contributed by atoms with Gasteiger partial charge in [-0.15, -0.1) is 12.4 Å². The SMILES string of the molecule is CC(NC(=O)C1CCNCC1)c1ccc(NC(=O)Nc2ccccc2)cc1.Cl. The molecule has 0 bridgehead atoms. The third-order valence-corrected chi connectivity index (χ3v) is 4.77. The number of urea groups is 1. The average molecular weight is 403 g/mol.